The number of carbonyl (C=O) groups is 1. The van der Waals surface area contributed by atoms with Gasteiger partial charge in [-0.1, -0.05) is 25.1 Å². The van der Waals surface area contributed by atoms with E-state index in [0.29, 0.717) is 6.42 Å². The monoisotopic (exact) mass is 302 g/mol. The van der Waals surface area contributed by atoms with Gasteiger partial charge in [-0.05, 0) is 37.1 Å². The van der Waals surface area contributed by atoms with Crippen molar-refractivity contribution in [1.29, 1.82) is 0 Å². The van der Waals surface area contributed by atoms with Crippen LogP contribution in [0.4, 0.5) is 0 Å². The van der Waals surface area contributed by atoms with E-state index in [0.717, 1.165) is 17.7 Å². The van der Waals surface area contributed by atoms with Gasteiger partial charge in [-0.15, -0.1) is 0 Å². The van der Waals surface area contributed by atoms with Crippen LogP contribution in [0.1, 0.15) is 32.3 Å². The lowest BCUT2D eigenvalue weighted by molar-refractivity contribution is -0.415. The number of carbonyl (C=O) groups excluding carboxylic acids is 1. The van der Waals surface area contributed by atoms with E-state index in [4.69, 9.17) is 14.5 Å². The highest BCUT2D eigenvalue weighted by atomic mass is 17.2. The summed E-state index contributed by atoms with van der Waals surface area (Å²) < 4.78 is 5.15. The number of ketones is 1. The van der Waals surface area contributed by atoms with Crippen LogP contribution in [-0.4, -0.2) is 24.6 Å². The molecule has 3 rings (SSSR count). The SMILES string of the molecule is COc1ccc(/C=C/C2(C)OOC3CC2CC(=O)C3C)cc1. The summed E-state index contributed by atoms with van der Waals surface area (Å²) in [5.41, 5.74) is 0.495. The smallest absolute Gasteiger partial charge is 0.138 e. The number of hydrogen-bond donors (Lipinski definition) is 0. The first kappa shape index (κ1) is 15.3. The molecule has 4 heteroatoms. The number of rotatable bonds is 3. The number of methoxy groups -OCH3 is 1. The first-order valence-corrected chi connectivity index (χ1v) is 7.72. The average molecular weight is 302 g/mol. The van der Waals surface area contributed by atoms with Crippen molar-refractivity contribution in [3.8, 4) is 5.75 Å². The van der Waals surface area contributed by atoms with Crippen molar-refractivity contribution >= 4 is 11.9 Å². The molecule has 118 valence electrons. The Morgan fingerprint density at radius 3 is 2.73 bits per heavy atom. The van der Waals surface area contributed by atoms with Crippen molar-refractivity contribution in [2.24, 2.45) is 11.8 Å². The van der Waals surface area contributed by atoms with Crippen molar-refractivity contribution in [1.82, 2.24) is 0 Å². The quantitative estimate of drug-likeness (QED) is 0.803. The third kappa shape index (κ3) is 2.81. The molecular weight excluding hydrogens is 280 g/mol. The second-order valence-electron chi connectivity index (χ2n) is 6.40. The van der Waals surface area contributed by atoms with E-state index in [1.165, 1.54) is 0 Å². The molecule has 1 saturated carbocycles. The van der Waals surface area contributed by atoms with Gasteiger partial charge in [0.1, 0.15) is 23.2 Å². The Hall–Kier alpha value is -1.65. The highest BCUT2D eigenvalue weighted by molar-refractivity contribution is 5.82. The number of hydrogen-bond acceptors (Lipinski definition) is 4. The van der Waals surface area contributed by atoms with Crippen molar-refractivity contribution < 1.29 is 19.3 Å². The van der Waals surface area contributed by atoms with E-state index in [1.54, 1.807) is 7.11 Å². The van der Waals surface area contributed by atoms with Gasteiger partial charge in [0.15, 0.2) is 0 Å². The van der Waals surface area contributed by atoms with E-state index in [1.807, 2.05) is 50.3 Å². The minimum absolute atomic E-state index is 0.0635. The van der Waals surface area contributed by atoms with Crippen LogP contribution in [0.25, 0.3) is 6.08 Å². The fourth-order valence-corrected chi connectivity index (χ4v) is 3.14. The molecule has 1 aliphatic heterocycles. The van der Waals surface area contributed by atoms with Gasteiger partial charge < -0.3 is 4.74 Å². The van der Waals surface area contributed by atoms with Crippen molar-refractivity contribution in [2.45, 2.75) is 38.4 Å². The molecular formula is C18H22O4. The molecule has 4 nitrogen and oxygen atoms in total. The first-order valence-electron chi connectivity index (χ1n) is 7.72. The first-order chi connectivity index (χ1) is 10.5. The molecule has 4 unspecified atom stereocenters. The predicted octanol–water partition coefficient (Wildman–Crippen LogP) is 3.41. The second kappa shape index (κ2) is 5.86. The zero-order valence-corrected chi connectivity index (χ0v) is 13.2. The molecule has 0 amide bonds. The minimum Gasteiger partial charge on any atom is -0.497 e. The standard InChI is InChI=1S/C18H22O4/c1-12-16(19)10-14-11-17(12)21-22-18(14,2)9-8-13-4-6-15(20-3)7-5-13/h4-9,12,14,17H,10-11H2,1-3H3/b9-8+. The van der Waals surface area contributed by atoms with Crippen molar-refractivity contribution in [2.75, 3.05) is 7.11 Å². The Balaban J connectivity index is 1.75. The lowest BCUT2D eigenvalue weighted by Gasteiger charge is -2.45. The zero-order chi connectivity index (χ0) is 15.7. The number of fused-ring (bicyclic) bond motifs is 2. The topological polar surface area (TPSA) is 44.8 Å². The summed E-state index contributed by atoms with van der Waals surface area (Å²) >= 11 is 0. The lowest BCUT2D eigenvalue weighted by atomic mass is 9.71. The molecule has 2 aliphatic rings. The third-order valence-electron chi connectivity index (χ3n) is 4.91. The summed E-state index contributed by atoms with van der Waals surface area (Å²) in [6.07, 6.45) is 5.33. The number of Topliss-reactive ketones (excluding diaryl/α,β-unsaturated/α-hetero) is 1. The van der Waals surface area contributed by atoms with Crippen LogP contribution >= 0.6 is 0 Å². The normalized spacial score (nSPS) is 34.9. The van der Waals surface area contributed by atoms with Crippen LogP contribution < -0.4 is 4.74 Å². The van der Waals surface area contributed by atoms with E-state index in [-0.39, 0.29) is 23.7 Å². The lowest BCUT2D eigenvalue weighted by Crippen LogP contribution is -2.51. The summed E-state index contributed by atoms with van der Waals surface area (Å²) in [6, 6.07) is 7.81. The summed E-state index contributed by atoms with van der Waals surface area (Å²) in [5.74, 6) is 1.21. The second-order valence-corrected chi connectivity index (χ2v) is 6.40. The fourth-order valence-electron chi connectivity index (χ4n) is 3.14. The van der Waals surface area contributed by atoms with Gasteiger partial charge >= 0.3 is 0 Å². The Morgan fingerprint density at radius 2 is 2.05 bits per heavy atom. The number of benzene rings is 1. The van der Waals surface area contributed by atoms with Crippen LogP contribution in [0, 0.1) is 11.8 Å². The van der Waals surface area contributed by atoms with Crippen LogP contribution in [0.2, 0.25) is 0 Å². The molecule has 0 N–H and O–H groups in total. The van der Waals surface area contributed by atoms with Gasteiger partial charge in [-0.3, -0.25) is 4.79 Å². The predicted molar refractivity (Wildman–Crippen MR) is 83.3 cm³/mol. The summed E-state index contributed by atoms with van der Waals surface area (Å²) in [4.78, 5) is 23.2. The van der Waals surface area contributed by atoms with Crippen molar-refractivity contribution in [3.05, 3.63) is 35.9 Å². The summed E-state index contributed by atoms with van der Waals surface area (Å²) in [6.45, 7) is 3.90. The van der Waals surface area contributed by atoms with E-state index >= 15 is 0 Å². The van der Waals surface area contributed by atoms with E-state index < -0.39 is 5.60 Å². The molecule has 1 aliphatic carbocycles. The van der Waals surface area contributed by atoms with E-state index in [2.05, 4.69) is 0 Å². The third-order valence-corrected chi connectivity index (χ3v) is 4.91. The summed E-state index contributed by atoms with van der Waals surface area (Å²) in [5, 5.41) is 0. The number of ether oxygens (including phenoxy) is 1. The molecule has 2 fully saturated rings. The van der Waals surface area contributed by atoms with Crippen LogP contribution in [0.15, 0.2) is 30.3 Å². The minimum atomic E-state index is -0.563. The Kier molecular flexibility index (Phi) is 4.06. The molecule has 2 bridgehead atoms. The maximum Gasteiger partial charge on any atom is 0.138 e. The molecule has 22 heavy (non-hydrogen) atoms. The zero-order valence-electron chi connectivity index (χ0n) is 13.2. The van der Waals surface area contributed by atoms with Gasteiger partial charge in [-0.2, -0.15) is 0 Å². The Morgan fingerprint density at radius 1 is 1.32 bits per heavy atom. The highest BCUT2D eigenvalue weighted by Crippen LogP contribution is 2.43. The summed E-state index contributed by atoms with van der Waals surface area (Å²) in [7, 11) is 1.65. The highest BCUT2D eigenvalue weighted by Gasteiger charge is 2.48. The molecule has 4 atom stereocenters. The van der Waals surface area contributed by atoms with Crippen LogP contribution in [-0.2, 0) is 14.6 Å². The Bertz CT molecular complexity index is 577. The van der Waals surface area contributed by atoms with Gasteiger partial charge in [0, 0.05) is 18.3 Å². The van der Waals surface area contributed by atoms with Gasteiger partial charge in [0.2, 0.25) is 0 Å². The van der Waals surface area contributed by atoms with Gasteiger partial charge in [-0.25, -0.2) is 9.78 Å². The molecule has 1 aromatic carbocycles. The largest absolute Gasteiger partial charge is 0.497 e. The Labute approximate surface area is 131 Å². The molecule has 0 radical (unpaired) electrons. The molecule has 1 heterocycles. The van der Waals surface area contributed by atoms with E-state index in [9.17, 15) is 4.79 Å². The van der Waals surface area contributed by atoms with Gasteiger partial charge in [0.25, 0.3) is 0 Å². The van der Waals surface area contributed by atoms with Crippen molar-refractivity contribution in [3.63, 3.8) is 0 Å². The maximum atomic E-state index is 12.1. The molecule has 0 spiro atoms. The van der Waals surface area contributed by atoms with Gasteiger partial charge in [0.05, 0.1) is 7.11 Å². The fraction of sp³-hybridized carbons (Fsp3) is 0.500. The van der Waals surface area contributed by atoms with Crippen LogP contribution in [0.5, 0.6) is 5.75 Å². The molecule has 1 saturated heterocycles. The molecule has 0 aromatic heterocycles. The molecule has 1 aromatic rings. The maximum absolute atomic E-state index is 12.1. The van der Waals surface area contributed by atoms with Crippen LogP contribution in [0.3, 0.4) is 0 Å². The average Bonchev–Trinajstić information content (AvgIpc) is 2.54.